The summed E-state index contributed by atoms with van der Waals surface area (Å²) >= 11 is 10.8. The zero-order chi connectivity index (χ0) is 14.0. The number of nitrogens with one attached hydrogen (secondary N) is 1. The van der Waals surface area contributed by atoms with Crippen molar-refractivity contribution in [3.8, 4) is 0 Å². The average Bonchev–Trinajstić information content (AvgIpc) is 2.35. The van der Waals surface area contributed by atoms with Gasteiger partial charge in [0, 0.05) is 5.56 Å². The van der Waals surface area contributed by atoms with Gasteiger partial charge in [-0.05, 0) is 30.3 Å². The molecule has 0 aliphatic heterocycles. The van der Waals surface area contributed by atoms with Gasteiger partial charge in [0.1, 0.15) is 22.3 Å². The third kappa shape index (κ3) is 3.00. The number of halogens is 3. The molecule has 0 saturated heterocycles. The molecule has 0 bridgehead atoms. The maximum atomic E-state index is 13.5. The van der Waals surface area contributed by atoms with E-state index in [9.17, 15) is 8.78 Å². The number of hydrogen-bond donors (Lipinski definition) is 2. The lowest BCUT2D eigenvalue weighted by atomic mass is 10.2. The zero-order valence-corrected chi connectivity index (χ0v) is 11.2. The van der Waals surface area contributed by atoms with Gasteiger partial charge in [0.25, 0.3) is 0 Å². The van der Waals surface area contributed by atoms with Gasteiger partial charge < -0.3 is 11.1 Å². The Bertz CT molecular complexity index is 626. The summed E-state index contributed by atoms with van der Waals surface area (Å²) < 4.78 is 27.0. The van der Waals surface area contributed by atoms with Crippen LogP contribution in [0.25, 0.3) is 0 Å². The van der Waals surface area contributed by atoms with E-state index in [1.54, 1.807) is 12.1 Å². The van der Waals surface area contributed by atoms with Crippen molar-refractivity contribution in [1.29, 1.82) is 0 Å². The van der Waals surface area contributed by atoms with E-state index in [1.165, 1.54) is 12.1 Å². The van der Waals surface area contributed by atoms with Crippen LogP contribution in [0.5, 0.6) is 0 Å². The Morgan fingerprint density at radius 1 is 1.16 bits per heavy atom. The van der Waals surface area contributed by atoms with Crippen molar-refractivity contribution in [2.24, 2.45) is 5.73 Å². The van der Waals surface area contributed by atoms with Gasteiger partial charge in [-0.25, -0.2) is 8.78 Å². The molecular formula is C13H9ClF2N2S. The molecule has 2 aromatic carbocycles. The van der Waals surface area contributed by atoms with Crippen LogP contribution >= 0.6 is 23.8 Å². The van der Waals surface area contributed by atoms with Crippen LogP contribution in [0.4, 0.5) is 20.2 Å². The molecule has 0 atom stereocenters. The predicted molar refractivity (Wildman–Crippen MR) is 77.0 cm³/mol. The molecule has 0 aliphatic carbocycles. The van der Waals surface area contributed by atoms with Crippen molar-refractivity contribution in [3.63, 3.8) is 0 Å². The Kier molecular flexibility index (Phi) is 3.97. The van der Waals surface area contributed by atoms with Crippen molar-refractivity contribution in [3.05, 3.63) is 58.6 Å². The molecule has 0 radical (unpaired) electrons. The summed E-state index contributed by atoms with van der Waals surface area (Å²) in [5.41, 5.74) is 6.16. The van der Waals surface area contributed by atoms with E-state index >= 15 is 0 Å². The molecule has 2 nitrogen and oxygen atoms in total. The first-order valence-electron chi connectivity index (χ1n) is 5.29. The molecule has 0 unspecified atom stereocenters. The van der Waals surface area contributed by atoms with Crippen LogP contribution in [0.1, 0.15) is 5.56 Å². The normalized spacial score (nSPS) is 10.3. The number of para-hydroxylation sites is 1. The highest BCUT2D eigenvalue weighted by molar-refractivity contribution is 7.80. The van der Waals surface area contributed by atoms with Crippen molar-refractivity contribution in [1.82, 2.24) is 0 Å². The van der Waals surface area contributed by atoms with E-state index in [0.717, 1.165) is 12.1 Å². The summed E-state index contributed by atoms with van der Waals surface area (Å²) in [5, 5.41) is 2.88. The van der Waals surface area contributed by atoms with Crippen LogP contribution in [-0.2, 0) is 0 Å². The molecular weight excluding hydrogens is 290 g/mol. The number of benzene rings is 2. The topological polar surface area (TPSA) is 38.0 Å². The summed E-state index contributed by atoms with van der Waals surface area (Å²) in [6, 6.07) is 8.31. The minimum atomic E-state index is -0.700. The van der Waals surface area contributed by atoms with Crippen LogP contribution in [-0.4, -0.2) is 4.99 Å². The maximum Gasteiger partial charge on any atom is 0.149 e. The smallest absolute Gasteiger partial charge is 0.149 e. The summed E-state index contributed by atoms with van der Waals surface area (Å²) in [5.74, 6) is -1.40. The summed E-state index contributed by atoms with van der Waals surface area (Å²) in [4.78, 5) is 0.200. The Balaban J connectivity index is 2.36. The van der Waals surface area contributed by atoms with E-state index in [1.807, 2.05) is 0 Å². The van der Waals surface area contributed by atoms with Gasteiger partial charge >= 0.3 is 0 Å². The molecule has 0 heterocycles. The second-order valence-corrected chi connectivity index (χ2v) is 4.63. The number of hydrogen-bond acceptors (Lipinski definition) is 2. The molecule has 2 aromatic rings. The Morgan fingerprint density at radius 2 is 1.79 bits per heavy atom. The molecule has 0 aromatic heterocycles. The minimum Gasteiger partial charge on any atom is -0.389 e. The monoisotopic (exact) mass is 298 g/mol. The van der Waals surface area contributed by atoms with Crippen molar-refractivity contribution in [2.45, 2.75) is 0 Å². The number of nitrogens with two attached hydrogens (primary N) is 1. The molecule has 19 heavy (non-hydrogen) atoms. The van der Waals surface area contributed by atoms with E-state index in [4.69, 9.17) is 29.6 Å². The van der Waals surface area contributed by atoms with Crippen LogP contribution in [0.2, 0.25) is 5.02 Å². The first kappa shape index (κ1) is 13.7. The molecule has 0 aliphatic rings. The second kappa shape index (κ2) is 5.50. The number of rotatable bonds is 3. The maximum absolute atomic E-state index is 13.5. The van der Waals surface area contributed by atoms with Gasteiger partial charge in [0.15, 0.2) is 0 Å². The second-order valence-electron chi connectivity index (χ2n) is 3.78. The van der Waals surface area contributed by atoms with E-state index < -0.39 is 11.6 Å². The van der Waals surface area contributed by atoms with Gasteiger partial charge in [0.05, 0.1) is 10.7 Å². The fraction of sp³-hybridized carbons (Fsp3) is 0. The highest BCUT2D eigenvalue weighted by Gasteiger charge is 2.11. The first-order valence-corrected chi connectivity index (χ1v) is 6.08. The highest BCUT2D eigenvalue weighted by atomic mass is 35.5. The largest absolute Gasteiger partial charge is 0.389 e. The van der Waals surface area contributed by atoms with Crippen LogP contribution < -0.4 is 11.1 Å². The lowest BCUT2D eigenvalue weighted by Gasteiger charge is -2.11. The minimum absolute atomic E-state index is 0.200. The molecule has 3 N–H and O–H groups in total. The molecule has 6 heteroatoms. The average molecular weight is 299 g/mol. The summed E-state index contributed by atoms with van der Waals surface area (Å²) in [6.07, 6.45) is 0. The molecule has 0 fully saturated rings. The SMILES string of the molecule is NC(=S)c1ccc(Nc2c(F)cccc2F)c(Cl)c1. The van der Waals surface area contributed by atoms with Crippen LogP contribution in [0, 0.1) is 11.6 Å². The van der Waals surface area contributed by atoms with Crippen molar-refractivity contribution < 1.29 is 8.78 Å². The fourth-order valence-corrected chi connectivity index (χ4v) is 1.88. The summed E-state index contributed by atoms with van der Waals surface area (Å²) in [6.45, 7) is 0. The predicted octanol–water partition coefficient (Wildman–Crippen LogP) is 4.00. The lowest BCUT2D eigenvalue weighted by molar-refractivity contribution is 0.591. The molecule has 98 valence electrons. The third-order valence-electron chi connectivity index (χ3n) is 2.48. The van der Waals surface area contributed by atoms with Gasteiger partial charge in [-0.15, -0.1) is 0 Å². The third-order valence-corrected chi connectivity index (χ3v) is 3.02. The van der Waals surface area contributed by atoms with Gasteiger partial charge in [-0.2, -0.15) is 0 Å². The molecule has 2 rings (SSSR count). The Labute approximate surface area is 119 Å². The molecule has 0 amide bonds. The van der Waals surface area contributed by atoms with Crippen LogP contribution in [0.3, 0.4) is 0 Å². The highest BCUT2D eigenvalue weighted by Crippen LogP contribution is 2.29. The molecule has 0 spiro atoms. The van der Waals surface area contributed by atoms with E-state index in [2.05, 4.69) is 5.32 Å². The van der Waals surface area contributed by atoms with Crippen LogP contribution in [0.15, 0.2) is 36.4 Å². The van der Waals surface area contributed by atoms with E-state index in [-0.39, 0.29) is 15.7 Å². The molecule has 0 saturated carbocycles. The Hall–Kier alpha value is -1.72. The first-order chi connectivity index (χ1) is 8.99. The lowest BCUT2D eigenvalue weighted by Crippen LogP contribution is -2.09. The number of anilines is 2. The van der Waals surface area contributed by atoms with E-state index in [0.29, 0.717) is 11.3 Å². The van der Waals surface area contributed by atoms with Gasteiger partial charge in [-0.3, -0.25) is 0 Å². The van der Waals surface area contributed by atoms with Gasteiger partial charge in [0.2, 0.25) is 0 Å². The number of thiocarbonyl (C=S) groups is 1. The summed E-state index contributed by atoms with van der Waals surface area (Å²) in [7, 11) is 0. The van der Waals surface area contributed by atoms with Crippen molar-refractivity contribution in [2.75, 3.05) is 5.32 Å². The standard InChI is InChI=1S/C13H9ClF2N2S/c14-8-6-7(13(17)19)4-5-11(8)18-12-9(15)2-1-3-10(12)16/h1-6,18H,(H2,17,19). The van der Waals surface area contributed by atoms with Crippen molar-refractivity contribution >= 4 is 40.2 Å². The fourth-order valence-electron chi connectivity index (χ4n) is 1.52. The Morgan fingerprint density at radius 3 is 2.32 bits per heavy atom. The van der Waals surface area contributed by atoms with Gasteiger partial charge in [-0.1, -0.05) is 29.9 Å². The quantitative estimate of drug-likeness (QED) is 0.841. The zero-order valence-electron chi connectivity index (χ0n) is 9.58.